The number of hydrogen-bond donors (Lipinski definition) is 2. The molecule has 0 spiro atoms. The van der Waals surface area contributed by atoms with Gasteiger partial charge in [0.1, 0.15) is 17.5 Å². The number of pyridine rings is 1. The van der Waals surface area contributed by atoms with Crippen LogP contribution in [0.4, 0.5) is 5.82 Å². The van der Waals surface area contributed by atoms with Gasteiger partial charge >= 0.3 is 0 Å². The van der Waals surface area contributed by atoms with Gasteiger partial charge in [0.25, 0.3) is 0 Å². The van der Waals surface area contributed by atoms with E-state index in [9.17, 15) is 0 Å². The maximum atomic E-state index is 7.76. The molecule has 2 heterocycles. The summed E-state index contributed by atoms with van der Waals surface area (Å²) in [5.41, 5.74) is 8.27. The summed E-state index contributed by atoms with van der Waals surface area (Å²) < 4.78 is 1.96. The lowest BCUT2D eigenvalue weighted by Gasteiger charge is -2.22. The third kappa shape index (κ3) is 2.64. The third-order valence-corrected chi connectivity index (χ3v) is 3.26. The molecule has 0 aliphatic rings. The fourth-order valence-corrected chi connectivity index (χ4v) is 2.26. The van der Waals surface area contributed by atoms with Crippen LogP contribution in [0.1, 0.15) is 22.6 Å². The van der Waals surface area contributed by atoms with E-state index in [0.717, 1.165) is 22.9 Å². The zero-order valence-corrected chi connectivity index (χ0v) is 12.3. The normalized spacial score (nSPS) is 10.6. The predicted octanol–water partition coefficient (Wildman–Crippen LogP) is 1.35. The second kappa shape index (κ2) is 5.32. The molecule has 3 N–H and O–H groups in total. The second-order valence-electron chi connectivity index (χ2n) is 5.00. The average Bonchev–Trinajstić information content (AvgIpc) is 2.73. The standard InChI is InChI=1S/C14H20N6/c1-9-7-10(2)18-14(12(9)13(15)16)20(4)8-11-17-5-6-19(11)3/h5-7H,8H2,1-4H3,(H3,15,16). The highest BCUT2D eigenvalue weighted by atomic mass is 15.2. The molecule has 0 aliphatic heterocycles. The lowest BCUT2D eigenvalue weighted by atomic mass is 10.1. The topological polar surface area (TPSA) is 83.8 Å². The van der Waals surface area contributed by atoms with Crippen molar-refractivity contribution >= 4 is 11.7 Å². The monoisotopic (exact) mass is 272 g/mol. The van der Waals surface area contributed by atoms with Crippen molar-refractivity contribution in [2.24, 2.45) is 12.8 Å². The molecule has 6 heteroatoms. The van der Waals surface area contributed by atoms with Gasteiger partial charge in [-0.25, -0.2) is 9.97 Å². The summed E-state index contributed by atoms with van der Waals surface area (Å²) in [5.74, 6) is 1.69. The fraction of sp³-hybridized carbons (Fsp3) is 0.357. The van der Waals surface area contributed by atoms with Crippen molar-refractivity contribution in [3.05, 3.63) is 41.1 Å². The van der Waals surface area contributed by atoms with Gasteiger partial charge in [-0.2, -0.15) is 0 Å². The Hall–Kier alpha value is -2.37. The highest BCUT2D eigenvalue weighted by Crippen LogP contribution is 2.22. The van der Waals surface area contributed by atoms with E-state index in [1.807, 2.05) is 49.7 Å². The highest BCUT2D eigenvalue weighted by Gasteiger charge is 2.16. The number of rotatable bonds is 4. The number of anilines is 1. The van der Waals surface area contributed by atoms with E-state index in [1.54, 1.807) is 6.20 Å². The van der Waals surface area contributed by atoms with Gasteiger partial charge in [-0.1, -0.05) is 0 Å². The van der Waals surface area contributed by atoms with Crippen LogP contribution in [0.15, 0.2) is 18.5 Å². The number of hydrogen-bond acceptors (Lipinski definition) is 4. The molecule has 2 aromatic rings. The van der Waals surface area contributed by atoms with Crippen LogP contribution in [-0.2, 0) is 13.6 Å². The number of aromatic nitrogens is 3. The average molecular weight is 272 g/mol. The van der Waals surface area contributed by atoms with Gasteiger partial charge in [0, 0.05) is 32.2 Å². The lowest BCUT2D eigenvalue weighted by Crippen LogP contribution is -2.25. The fourth-order valence-electron chi connectivity index (χ4n) is 2.26. The smallest absolute Gasteiger partial charge is 0.140 e. The Balaban J connectivity index is 2.41. The van der Waals surface area contributed by atoms with Crippen molar-refractivity contribution in [2.45, 2.75) is 20.4 Å². The van der Waals surface area contributed by atoms with E-state index in [0.29, 0.717) is 12.1 Å². The number of aryl methyl sites for hydroxylation is 3. The van der Waals surface area contributed by atoms with Gasteiger partial charge < -0.3 is 15.2 Å². The molecular weight excluding hydrogens is 252 g/mol. The Morgan fingerprint density at radius 1 is 1.45 bits per heavy atom. The molecule has 0 fully saturated rings. The second-order valence-corrected chi connectivity index (χ2v) is 5.00. The van der Waals surface area contributed by atoms with Crippen molar-refractivity contribution < 1.29 is 0 Å². The molecule has 20 heavy (non-hydrogen) atoms. The first-order valence-corrected chi connectivity index (χ1v) is 6.40. The molecule has 0 saturated heterocycles. The van der Waals surface area contributed by atoms with Gasteiger partial charge in [-0.15, -0.1) is 0 Å². The zero-order valence-electron chi connectivity index (χ0n) is 12.3. The van der Waals surface area contributed by atoms with Gasteiger partial charge in [0.2, 0.25) is 0 Å². The number of imidazole rings is 1. The van der Waals surface area contributed by atoms with Crippen molar-refractivity contribution in [1.29, 1.82) is 5.41 Å². The molecule has 0 atom stereocenters. The molecule has 0 radical (unpaired) electrons. The largest absolute Gasteiger partial charge is 0.384 e. The summed E-state index contributed by atoms with van der Waals surface area (Å²) >= 11 is 0. The summed E-state index contributed by atoms with van der Waals surface area (Å²) in [7, 11) is 3.89. The molecule has 2 aromatic heterocycles. The molecule has 0 saturated carbocycles. The van der Waals surface area contributed by atoms with Crippen LogP contribution in [0.2, 0.25) is 0 Å². The molecule has 0 aliphatic carbocycles. The minimum Gasteiger partial charge on any atom is -0.384 e. The first-order valence-electron chi connectivity index (χ1n) is 6.40. The minimum atomic E-state index is 0.0386. The zero-order chi connectivity index (χ0) is 14.9. The molecular formula is C14H20N6. The maximum absolute atomic E-state index is 7.76. The SMILES string of the molecule is Cc1cc(C)c(C(=N)N)c(N(C)Cc2nccn2C)n1. The van der Waals surface area contributed by atoms with E-state index in [2.05, 4.69) is 9.97 Å². The van der Waals surface area contributed by atoms with Gasteiger partial charge in [-0.05, 0) is 25.5 Å². The molecule has 0 bridgehead atoms. The quantitative estimate of drug-likeness (QED) is 0.650. The van der Waals surface area contributed by atoms with Crippen molar-refractivity contribution in [2.75, 3.05) is 11.9 Å². The predicted molar refractivity (Wildman–Crippen MR) is 80.0 cm³/mol. The molecule has 0 unspecified atom stereocenters. The van der Waals surface area contributed by atoms with Crippen molar-refractivity contribution in [3.63, 3.8) is 0 Å². The molecule has 2 rings (SSSR count). The first-order chi connectivity index (χ1) is 9.40. The maximum Gasteiger partial charge on any atom is 0.140 e. The van der Waals surface area contributed by atoms with Crippen LogP contribution in [0, 0.1) is 19.3 Å². The van der Waals surface area contributed by atoms with E-state index in [4.69, 9.17) is 11.1 Å². The summed E-state index contributed by atoms with van der Waals surface area (Å²) in [6.45, 7) is 4.50. The Kier molecular flexibility index (Phi) is 3.74. The Labute approximate surface area is 118 Å². The summed E-state index contributed by atoms with van der Waals surface area (Å²) in [6, 6.07) is 1.94. The highest BCUT2D eigenvalue weighted by molar-refractivity contribution is 6.01. The third-order valence-electron chi connectivity index (χ3n) is 3.26. The molecule has 0 amide bonds. The van der Waals surface area contributed by atoms with Crippen LogP contribution >= 0.6 is 0 Å². The van der Waals surface area contributed by atoms with E-state index in [-0.39, 0.29) is 5.84 Å². The van der Waals surface area contributed by atoms with Crippen LogP contribution in [-0.4, -0.2) is 27.4 Å². The Morgan fingerprint density at radius 3 is 2.70 bits per heavy atom. The van der Waals surface area contributed by atoms with E-state index in [1.165, 1.54) is 0 Å². The lowest BCUT2D eigenvalue weighted by molar-refractivity contribution is 0.753. The minimum absolute atomic E-state index is 0.0386. The summed E-state index contributed by atoms with van der Waals surface area (Å²) in [5, 5.41) is 7.76. The van der Waals surface area contributed by atoms with Gasteiger partial charge in [0.05, 0.1) is 12.1 Å². The van der Waals surface area contributed by atoms with Crippen LogP contribution in [0.25, 0.3) is 0 Å². The molecule has 0 aromatic carbocycles. The van der Waals surface area contributed by atoms with Crippen LogP contribution in [0.3, 0.4) is 0 Å². The Morgan fingerprint density at radius 2 is 2.15 bits per heavy atom. The number of nitrogens with two attached hydrogens (primary N) is 1. The number of nitrogens with zero attached hydrogens (tertiary/aromatic N) is 4. The van der Waals surface area contributed by atoms with E-state index < -0.39 is 0 Å². The number of amidine groups is 1. The van der Waals surface area contributed by atoms with Crippen LogP contribution < -0.4 is 10.6 Å². The Bertz CT molecular complexity index is 643. The first kappa shape index (κ1) is 14.0. The summed E-state index contributed by atoms with van der Waals surface area (Å²) in [4.78, 5) is 10.8. The van der Waals surface area contributed by atoms with Gasteiger partial charge in [0.15, 0.2) is 0 Å². The number of nitrogens with one attached hydrogen (secondary N) is 1. The van der Waals surface area contributed by atoms with Crippen LogP contribution in [0.5, 0.6) is 0 Å². The molecule has 106 valence electrons. The van der Waals surface area contributed by atoms with Crippen molar-refractivity contribution in [3.8, 4) is 0 Å². The number of nitrogen functional groups attached to an aromatic ring is 1. The van der Waals surface area contributed by atoms with Gasteiger partial charge in [-0.3, -0.25) is 5.41 Å². The van der Waals surface area contributed by atoms with E-state index >= 15 is 0 Å². The summed E-state index contributed by atoms with van der Waals surface area (Å²) in [6.07, 6.45) is 3.67. The van der Waals surface area contributed by atoms with Crippen molar-refractivity contribution in [1.82, 2.24) is 14.5 Å². The molecule has 6 nitrogen and oxygen atoms in total.